The molecule has 5 heteroatoms. The number of piperidine rings is 1. The van der Waals surface area contributed by atoms with E-state index in [4.69, 9.17) is 0 Å². The molecule has 1 N–H and O–H groups in total. The summed E-state index contributed by atoms with van der Waals surface area (Å²) in [6.45, 7) is 3.01. The molecule has 112 valence electrons. The molecule has 0 amide bonds. The third kappa shape index (κ3) is 3.98. The number of rotatable bonds is 5. The van der Waals surface area contributed by atoms with Crippen LogP contribution in [0.2, 0.25) is 0 Å². The lowest BCUT2D eigenvalue weighted by atomic mass is 10.0. The van der Waals surface area contributed by atoms with Gasteiger partial charge in [-0.15, -0.1) is 0 Å². The fourth-order valence-corrected chi connectivity index (χ4v) is 2.75. The number of halogens is 2. The highest BCUT2D eigenvalue weighted by Crippen LogP contribution is 2.19. The minimum absolute atomic E-state index is 0.0507. The Morgan fingerprint density at radius 3 is 2.60 bits per heavy atom. The van der Waals surface area contributed by atoms with Gasteiger partial charge in [0.2, 0.25) is 0 Å². The highest BCUT2D eigenvalue weighted by atomic mass is 19.1. The van der Waals surface area contributed by atoms with Crippen LogP contribution in [0.3, 0.4) is 0 Å². The minimum Gasteiger partial charge on any atom is -0.395 e. The van der Waals surface area contributed by atoms with E-state index in [1.54, 1.807) is 0 Å². The molecule has 1 aliphatic heterocycles. The van der Waals surface area contributed by atoms with E-state index in [1.165, 1.54) is 12.1 Å². The molecule has 2 rings (SSSR count). The summed E-state index contributed by atoms with van der Waals surface area (Å²) in [5, 5.41) is 9.20. The van der Waals surface area contributed by atoms with Crippen molar-refractivity contribution in [3.05, 3.63) is 35.4 Å². The van der Waals surface area contributed by atoms with Crippen LogP contribution in [-0.2, 0) is 6.54 Å². The molecule has 1 fully saturated rings. The van der Waals surface area contributed by atoms with Crippen LogP contribution in [0, 0.1) is 11.6 Å². The van der Waals surface area contributed by atoms with Crippen LogP contribution in [0.4, 0.5) is 8.78 Å². The highest BCUT2D eigenvalue weighted by molar-refractivity contribution is 5.18. The van der Waals surface area contributed by atoms with E-state index < -0.39 is 11.6 Å². The zero-order valence-corrected chi connectivity index (χ0v) is 11.9. The van der Waals surface area contributed by atoms with Gasteiger partial charge in [-0.25, -0.2) is 8.78 Å². The van der Waals surface area contributed by atoms with E-state index in [0.717, 1.165) is 32.0 Å². The monoisotopic (exact) mass is 284 g/mol. The van der Waals surface area contributed by atoms with Crippen LogP contribution in [0.15, 0.2) is 18.2 Å². The SMILES string of the molecule is CN1CCC(N(CCO)Cc2ccc(F)cc2F)CC1. The van der Waals surface area contributed by atoms with Crippen molar-refractivity contribution in [2.75, 3.05) is 33.3 Å². The minimum atomic E-state index is -0.556. The van der Waals surface area contributed by atoms with Crippen molar-refractivity contribution in [3.63, 3.8) is 0 Å². The molecule has 0 spiro atoms. The Morgan fingerprint density at radius 2 is 2.00 bits per heavy atom. The summed E-state index contributed by atoms with van der Waals surface area (Å²) in [7, 11) is 2.09. The fraction of sp³-hybridized carbons (Fsp3) is 0.600. The molecule has 1 saturated heterocycles. The normalized spacial score (nSPS) is 17.9. The van der Waals surface area contributed by atoms with Gasteiger partial charge in [-0.1, -0.05) is 6.07 Å². The Morgan fingerprint density at radius 1 is 1.30 bits per heavy atom. The predicted octanol–water partition coefficient (Wildman–Crippen LogP) is 1.85. The van der Waals surface area contributed by atoms with Crippen LogP contribution in [-0.4, -0.2) is 54.2 Å². The quantitative estimate of drug-likeness (QED) is 0.894. The second kappa shape index (κ2) is 7.11. The van der Waals surface area contributed by atoms with Gasteiger partial charge in [-0.05, 0) is 39.0 Å². The average molecular weight is 284 g/mol. The number of aliphatic hydroxyl groups excluding tert-OH is 1. The van der Waals surface area contributed by atoms with E-state index in [1.807, 2.05) is 0 Å². The van der Waals surface area contributed by atoms with Crippen molar-refractivity contribution in [2.24, 2.45) is 0 Å². The summed E-state index contributed by atoms with van der Waals surface area (Å²) in [5.74, 6) is -1.07. The summed E-state index contributed by atoms with van der Waals surface area (Å²) < 4.78 is 26.7. The van der Waals surface area contributed by atoms with Gasteiger partial charge in [0.1, 0.15) is 11.6 Å². The third-order valence-electron chi connectivity index (χ3n) is 3.98. The molecule has 3 nitrogen and oxygen atoms in total. The molecule has 1 aromatic carbocycles. The van der Waals surface area contributed by atoms with Crippen LogP contribution in [0.1, 0.15) is 18.4 Å². The van der Waals surface area contributed by atoms with Gasteiger partial charge in [0, 0.05) is 30.8 Å². The molecule has 0 unspecified atom stereocenters. The third-order valence-corrected chi connectivity index (χ3v) is 3.98. The summed E-state index contributed by atoms with van der Waals surface area (Å²) in [4.78, 5) is 4.37. The first-order valence-corrected chi connectivity index (χ1v) is 7.07. The topological polar surface area (TPSA) is 26.7 Å². The van der Waals surface area contributed by atoms with Crippen LogP contribution >= 0.6 is 0 Å². The standard InChI is InChI=1S/C15H22F2N2O/c1-18-6-4-14(5-7-18)19(8-9-20)11-12-2-3-13(16)10-15(12)17/h2-3,10,14,20H,4-9,11H2,1H3. The Bertz CT molecular complexity index is 434. The number of nitrogens with zero attached hydrogens (tertiary/aromatic N) is 2. The zero-order valence-electron chi connectivity index (χ0n) is 11.9. The number of aliphatic hydroxyl groups is 1. The van der Waals surface area contributed by atoms with Crippen molar-refractivity contribution in [3.8, 4) is 0 Å². The molecule has 0 radical (unpaired) electrons. The molecule has 1 aromatic rings. The first-order valence-electron chi connectivity index (χ1n) is 7.07. The molecule has 0 atom stereocenters. The van der Waals surface area contributed by atoms with Crippen molar-refractivity contribution in [1.29, 1.82) is 0 Å². The maximum Gasteiger partial charge on any atom is 0.130 e. The number of benzene rings is 1. The number of likely N-dealkylation sites (tertiary alicyclic amines) is 1. The molecule has 20 heavy (non-hydrogen) atoms. The molecule has 0 aliphatic carbocycles. The van der Waals surface area contributed by atoms with Crippen molar-refractivity contribution < 1.29 is 13.9 Å². The second-order valence-electron chi connectivity index (χ2n) is 5.46. The lowest BCUT2D eigenvalue weighted by molar-refractivity contribution is 0.0931. The van der Waals surface area contributed by atoms with Crippen LogP contribution in [0.5, 0.6) is 0 Å². The first kappa shape index (κ1) is 15.4. The lowest BCUT2D eigenvalue weighted by Crippen LogP contribution is -2.44. The number of hydrogen-bond acceptors (Lipinski definition) is 3. The summed E-state index contributed by atoms with van der Waals surface area (Å²) in [5.41, 5.74) is 0.485. The Kier molecular flexibility index (Phi) is 5.46. The summed E-state index contributed by atoms with van der Waals surface area (Å²) in [6, 6.07) is 4.04. The van der Waals surface area contributed by atoms with E-state index in [2.05, 4.69) is 16.8 Å². The Labute approximate surface area is 118 Å². The first-order chi connectivity index (χ1) is 9.60. The maximum absolute atomic E-state index is 13.7. The number of hydrogen-bond donors (Lipinski definition) is 1. The Hall–Kier alpha value is -1.04. The van der Waals surface area contributed by atoms with Crippen LogP contribution in [0.25, 0.3) is 0 Å². The molecule has 0 saturated carbocycles. The average Bonchev–Trinajstić information content (AvgIpc) is 2.42. The van der Waals surface area contributed by atoms with Gasteiger partial charge in [0.25, 0.3) is 0 Å². The van der Waals surface area contributed by atoms with Gasteiger partial charge in [0.15, 0.2) is 0 Å². The van der Waals surface area contributed by atoms with Crippen LogP contribution < -0.4 is 0 Å². The second-order valence-corrected chi connectivity index (χ2v) is 5.46. The summed E-state index contributed by atoms with van der Waals surface area (Å²) in [6.07, 6.45) is 2.03. The smallest absolute Gasteiger partial charge is 0.130 e. The van der Waals surface area contributed by atoms with E-state index >= 15 is 0 Å². The van der Waals surface area contributed by atoms with Gasteiger partial charge < -0.3 is 10.0 Å². The van der Waals surface area contributed by atoms with E-state index in [-0.39, 0.29) is 6.61 Å². The van der Waals surface area contributed by atoms with Gasteiger partial charge in [-0.2, -0.15) is 0 Å². The van der Waals surface area contributed by atoms with Gasteiger partial charge in [0.05, 0.1) is 6.61 Å². The van der Waals surface area contributed by atoms with Gasteiger partial charge >= 0.3 is 0 Å². The molecule has 1 heterocycles. The maximum atomic E-state index is 13.7. The molecule has 1 aliphatic rings. The zero-order chi connectivity index (χ0) is 14.5. The van der Waals surface area contributed by atoms with E-state index in [0.29, 0.717) is 24.7 Å². The van der Waals surface area contributed by atoms with Crippen molar-refractivity contribution >= 4 is 0 Å². The fourth-order valence-electron chi connectivity index (χ4n) is 2.75. The van der Waals surface area contributed by atoms with Crippen molar-refractivity contribution in [1.82, 2.24) is 9.80 Å². The molecule has 0 aromatic heterocycles. The van der Waals surface area contributed by atoms with Crippen molar-refractivity contribution in [2.45, 2.75) is 25.4 Å². The highest BCUT2D eigenvalue weighted by Gasteiger charge is 2.23. The molecular weight excluding hydrogens is 262 g/mol. The Balaban J connectivity index is 2.04. The summed E-state index contributed by atoms with van der Waals surface area (Å²) >= 11 is 0. The van der Waals surface area contributed by atoms with Gasteiger partial charge in [-0.3, -0.25) is 4.90 Å². The largest absolute Gasteiger partial charge is 0.395 e. The lowest BCUT2D eigenvalue weighted by Gasteiger charge is -2.37. The molecule has 0 bridgehead atoms. The molecular formula is C15H22F2N2O. The predicted molar refractivity (Wildman–Crippen MR) is 74.4 cm³/mol. The van der Waals surface area contributed by atoms with E-state index in [9.17, 15) is 13.9 Å².